The van der Waals surface area contributed by atoms with Crippen LogP contribution in [-0.4, -0.2) is 41.6 Å². The van der Waals surface area contributed by atoms with Crippen LogP contribution in [0.2, 0.25) is 0 Å². The van der Waals surface area contributed by atoms with Gasteiger partial charge in [-0.25, -0.2) is 4.98 Å². The topological polar surface area (TPSA) is 59.2 Å². The summed E-state index contributed by atoms with van der Waals surface area (Å²) in [6, 6.07) is 0.305. The summed E-state index contributed by atoms with van der Waals surface area (Å²) in [5.74, 6) is 0.621. The fourth-order valence-corrected chi connectivity index (χ4v) is 1.81. The summed E-state index contributed by atoms with van der Waals surface area (Å²) in [5, 5.41) is 3.43. The van der Waals surface area contributed by atoms with E-state index in [0.29, 0.717) is 19.3 Å². The fraction of sp³-hybridized carbons (Fsp3) is 0.750. The molecule has 2 N–H and O–H groups in total. The smallest absolute Gasteiger partial charge is 0.162 e. The molecule has 1 aromatic rings. The third kappa shape index (κ3) is 4.11. The summed E-state index contributed by atoms with van der Waals surface area (Å²) < 4.78 is 11.2. The third-order valence-corrected chi connectivity index (χ3v) is 2.84. The maximum atomic E-state index is 5.58. The number of nitrogens with zero attached hydrogens (tertiary/aromatic N) is 1. The van der Waals surface area contributed by atoms with Crippen molar-refractivity contribution in [1.82, 2.24) is 15.3 Å². The Bertz CT molecular complexity index is 315. The molecular weight excluding hydrogens is 218 g/mol. The monoisotopic (exact) mass is 239 g/mol. The highest BCUT2D eigenvalue weighted by atomic mass is 16.7. The molecule has 0 amide bonds. The van der Waals surface area contributed by atoms with Crippen molar-refractivity contribution in [3.63, 3.8) is 0 Å². The summed E-state index contributed by atoms with van der Waals surface area (Å²) in [4.78, 5) is 7.28. The normalized spacial score (nSPS) is 20.6. The highest BCUT2D eigenvalue weighted by molar-refractivity contribution is 4.87. The number of aromatic amines is 1. The maximum Gasteiger partial charge on any atom is 0.162 e. The highest BCUT2D eigenvalue weighted by Gasteiger charge is 2.27. The van der Waals surface area contributed by atoms with Gasteiger partial charge in [-0.15, -0.1) is 0 Å². The van der Waals surface area contributed by atoms with Crippen LogP contribution >= 0.6 is 0 Å². The molecule has 5 nitrogen and oxygen atoms in total. The Morgan fingerprint density at radius 1 is 1.47 bits per heavy atom. The van der Waals surface area contributed by atoms with Crippen LogP contribution in [0, 0.1) is 0 Å². The molecule has 0 unspecified atom stereocenters. The summed E-state index contributed by atoms with van der Waals surface area (Å²) in [6.07, 6.45) is 5.68. The molecule has 0 aliphatic carbocycles. The second-order valence-corrected chi connectivity index (χ2v) is 4.81. The summed E-state index contributed by atoms with van der Waals surface area (Å²) >= 11 is 0. The van der Waals surface area contributed by atoms with E-state index in [9.17, 15) is 0 Å². The number of hydrogen-bond donors (Lipinski definition) is 2. The zero-order valence-corrected chi connectivity index (χ0v) is 10.5. The first-order valence-corrected chi connectivity index (χ1v) is 6.15. The molecular formula is C12H21N3O2. The Kier molecular flexibility index (Phi) is 4.15. The molecule has 1 aliphatic heterocycles. The lowest BCUT2D eigenvalue weighted by Crippen LogP contribution is -2.48. The number of hydrogen-bond acceptors (Lipinski definition) is 4. The van der Waals surface area contributed by atoms with Gasteiger partial charge in [0.15, 0.2) is 5.79 Å². The molecule has 0 aromatic carbocycles. The number of aryl methyl sites for hydroxylation is 1. The Morgan fingerprint density at radius 3 is 2.88 bits per heavy atom. The Balaban J connectivity index is 1.57. The lowest BCUT2D eigenvalue weighted by molar-refractivity contribution is -0.252. The standard InChI is InChI=1S/C12H21N3O2/c1-12(2)16-8-10(9-17-12)13-5-3-4-11-14-6-7-15-11/h6-7,10,13H,3-5,8-9H2,1-2H3,(H,14,15). The van der Waals surface area contributed by atoms with Gasteiger partial charge in [-0.3, -0.25) is 0 Å². The Morgan fingerprint density at radius 2 is 2.24 bits per heavy atom. The first-order valence-electron chi connectivity index (χ1n) is 6.15. The molecule has 2 rings (SSSR count). The van der Waals surface area contributed by atoms with Crippen LogP contribution in [0.15, 0.2) is 12.4 Å². The number of nitrogens with one attached hydrogen (secondary N) is 2. The molecule has 0 radical (unpaired) electrons. The van der Waals surface area contributed by atoms with Crippen molar-refractivity contribution in [3.05, 3.63) is 18.2 Å². The maximum absolute atomic E-state index is 5.58. The first-order chi connectivity index (χ1) is 8.16. The zero-order chi connectivity index (χ0) is 12.1. The van der Waals surface area contributed by atoms with Crippen molar-refractivity contribution < 1.29 is 9.47 Å². The predicted octanol–water partition coefficient (Wildman–Crippen LogP) is 1.08. The van der Waals surface area contributed by atoms with Gasteiger partial charge in [-0.2, -0.15) is 0 Å². The summed E-state index contributed by atoms with van der Waals surface area (Å²) in [5.41, 5.74) is 0. The Labute approximate surface area is 102 Å². The molecule has 5 heteroatoms. The van der Waals surface area contributed by atoms with E-state index in [-0.39, 0.29) is 0 Å². The molecule has 1 aliphatic rings. The van der Waals surface area contributed by atoms with E-state index in [4.69, 9.17) is 9.47 Å². The van der Waals surface area contributed by atoms with Crippen LogP contribution in [-0.2, 0) is 15.9 Å². The van der Waals surface area contributed by atoms with Crippen LogP contribution in [0.1, 0.15) is 26.1 Å². The molecule has 17 heavy (non-hydrogen) atoms. The SMILES string of the molecule is CC1(C)OCC(NCCCc2ncc[nH]2)CO1. The van der Waals surface area contributed by atoms with Crippen molar-refractivity contribution in [3.8, 4) is 0 Å². The third-order valence-electron chi connectivity index (χ3n) is 2.84. The van der Waals surface area contributed by atoms with Crippen LogP contribution in [0.4, 0.5) is 0 Å². The zero-order valence-electron chi connectivity index (χ0n) is 10.5. The Hall–Kier alpha value is -0.910. The van der Waals surface area contributed by atoms with Crippen molar-refractivity contribution >= 4 is 0 Å². The molecule has 2 heterocycles. The van der Waals surface area contributed by atoms with Crippen molar-refractivity contribution in [2.24, 2.45) is 0 Å². The minimum atomic E-state index is -0.424. The first kappa shape index (κ1) is 12.5. The number of ether oxygens (including phenoxy) is 2. The number of imidazole rings is 1. The number of H-pyrrole nitrogens is 1. The second kappa shape index (κ2) is 5.62. The van der Waals surface area contributed by atoms with Crippen molar-refractivity contribution in [2.45, 2.75) is 38.5 Å². The van der Waals surface area contributed by atoms with Crippen LogP contribution in [0.25, 0.3) is 0 Å². The van der Waals surface area contributed by atoms with Gasteiger partial charge in [0.2, 0.25) is 0 Å². The second-order valence-electron chi connectivity index (χ2n) is 4.81. The van der Waals surface area contributed by atoms with Gasteiger partial charge >= 0.3 is 0 Å². The van der Waals surface area contributed by atoms with Crippen LogP contribution in [0.5, 0.6) is 0 Å². The number of aromatic nitrogens is 2. The minimum Gasteiger partial charge on any atom is -0.349 e. The van der Waals surface area contributed by atoms with Crippen LogP contribution in [0.3, 0.4) is 0 Å². The van der Waals surface area contributed by atoms with E-state index in [1.807, 2.05) is 20.0 Å². The lowest BCUT2D eigenvalue weighted by Gasteiger charge is -2.35. The quantitative estimate of drug-likeness (QED) is 0.755. The van der Waals surface area contributed by atoms with Gasteiger partial charge in [0.25, 0.3) is 0 Å². The van der Waals surface area contributed by atoms with E-state index >= 15 is 0 Å². The van der Waals surface area contributed by atoms with Gasteiger partial charge in [0.1, 0.15) is 5.82 Å². The van der Waals surface area contributed by atoms with Crippen molar-refractivity contribution in [1.29, 1.82) is 0 Å². The fourth-order valence-electron chi connectivity index (χ4n) is 1.81. The van der Waals surface area contributed by atoms with Gasteiger partial charge in [-0.1, -0.05) is 0 Å². The molecule has 0 saturated carbocycles. The molecule has 1 aromatic heterocycles. The van der Waals surface area contributed by atoms with Crippen molar-refractivity contribution in [2.75, 3.05) is 19.8 Å². The van der Waals surface area contributed by atoms with E-state index in [2.05, 4.69) is 15.3 Å². The van der Waals surface area contributed by atoms with E-state index in [0.717, 1.165) is 25.2 Å². The van der Waals surface area contributed by atoms with Gasteiger partial charge in [-0.05, 0) is 26.8 Å². The van der Waals surface area contributed by atoms with Gasteiger partial charge < -0.3 is 19.8 Å². The number of rotatable bonds is 5. The summed E-state index contributed by atoms with van der Waals surface area (Å²) in [7, 11) is 0. The van der Waals surface area contributed by atoms with E-state index < -0.39 is 5.79 Å². The highest BCUT2D eigenvalue weighted by Crippen LogP contribution is 2.16. The predicted molar refractivity (Wildman–Crippen MR) is 64.7 cm³/mol. The molecule has 96 valence electrons. The average Bonchev–Trinajstić information content (AvgIpc) is 2.79. The molecule has 0 bridgehead atoms. The van der Waals surface area contributed by atoms with E-state index in [1.165, 1.54) is 0 Å². The lowest BCUT2D eigenvalue weighted by atomic mass is 10.2. The van der Waals surface area contributed by atoms with Crippen LogP contribution < -0.4 is 5.32 Å². The molecule has 1 saturated heterocycles. The average molecular weight is 239 g/mol. The summed E-state index contributed by atoms with van der Waals surface area (Å²) in [6.45, 7) is 6.28. The van der Waals surface area contributed by atoms with Gasteiger partial charge in [0, 0.05) is 18.8 Å². The minimum absolute atomic E-state index is 0.305. The largest absolute Gasteiger partial charge is 0.349 e. The molecule has 1 fully saturated rings. The van der Waals surface area contributed by atoms with Gasteiger partial charge in [0.05, 0.1) is 19.3 Å². The molecule has 0 atom stereocenters. The van der Waals surface area contributed by atoms with E-state index in [1.54, 1.807) is 6.20 Å². The molecule has 0 spiro atoms.